The summed E-state index contributed by atoms with van der Waals surface area (Å²) in [6.45, 7) is 4.14. The molecule has 4 aliphatic rings. The number of nitrogens with one attached hydrogen (secondary N) is 1. The van der Waals surface area contributed by atoms with E-state index in [1.54, 1.807) is 0 Å². The Hall–Kier alpha value is -1.35. The first-order valence-electron chi connectivity index (χ1n) is 9.25. The van der Waals surface area contributed by atoms with Crippen molar-refractivity contribution in [2.75, 3.05) is 5.32 Å². The minimum Gasteiger partial charge on any atom is -0.331 e. The Bertz CT molecular complexity index is 557. The maximum Gasteiger partial charge on any atom is 0.282 e. The highest BCUT2D eigenvalue weighted by Crippen LogP contribution is 2.54. The Labute approximate surface area is 139 Å². The van der Waals surface area contributed by atoms with Crippen LogP contribution < -0.4 is 10.6 Å². The van der Waals surface area contributed by atoms with Gasteiger partial charge in [0.1, 0.15) is 0 Å². The van der Waals surface area contributed by atoms with Crippen LogP contribution in [0.15, 0.2) is 24.3 Å². The van der Waals surface area contributed by atoms with Crippen molar-refractivity contribution in [1.29, 1.82) is 0 Å². The molecule has 0 radical (unpaired) electrons. The number of anilines is 1. The largest absolute Gasteiger partial charge is 0.331 e. The van der Waals surface area contributed by atoms with Crippen LogP contribution in [0.3, 0.4) is 0 Å². The van der Waals surface area contributed by atoms with Gasteiger partial charge in [-0.15, -0.1) is 0 Å². The zero-order chi connectivity index (χ0) is 16.0. The molecule has 1 amide bonds. The number of hydrogen-bond acceptors (Lipinski definition) is 1. The molecule has 4 fully saturated rings. The van der Waals surface area contributed by atoms with Gasteiger partial charge in [0.15, 0.2) is 6.04 Å². The van der Waals surface area contributed by atoms with Crippen LogP contribution in [0.2, 0.25) is 0 Å². The van der Waals surface area contributed by atoms with E-state index < -0.39 is 0 Å². The third-order valence-corrected chi connectivity index (χ3v) is 6.42. The number of quaternary nitrogens is 1. The quantitative estimate of drug-likeness (QED) is 0.882. The number of hydrogen-bond donors (Lipinski definition) is 2. The second kappa shape index (κ2) is 5.62. The van der Waals surface area contributed by atoms with Crippen molar-refractivity contribution in [2.45, 2.75) is 64.0 Å². The molecule has 124 valence electrons. The van der Waals surface area contributed by atoms with Gasteiger partial charge in [0.25, 0.3) is 5.91 Å². The summed E-state index contributed by atoms with van der Waals surface area (Å²) in [5, 5.41) is 5.50. The molecule has 0 spiro atoms. The Morgan fingerprint density at radius 2 is 1.61 bits per heavy atom. The topological polar surface area (TPSA) is 45.7 Å². The van der Waals surface area contributed by atoms with Crippen LogP contribution in [-0.4, -0.2) is 17.5 Å². The lowest BCUT2D eigenvalue weighted by atomic mass is 9.53. The summed E-state index contributed by atoms with van der Waals surface area (Å²) >= 11 is 0. The molecule has 1 atom stereocenters. The van der Waals surface area contributed by atoms with E-state index in [0.717, 1.165) is 23.4 Å². The Kier molecular flexibility index (Phi) is 3.72. The lowest BCUT2D eigenvalue weighted by molar-refractivity contribution is -0.754. The van der Waals surface area contributed by atoms with E-state index in [4.69, 9.17) is 0 Å². The SMILES string of the molecule is Cc1ccc(NC(=O)[C@H](C)[NH2+]C23CC4CC(CC(C4)C2)C3)cc1. The van der Waals surface area contributed by atoms with Gasteiger partial charge in [-0.1, -0.05) is 17.7 Å². The predicted octanol–water partition coefficient (Wildman–Crippen LogP) is 2.85. The number of carbonyl (C=O) groups excluding carboxylic acids is 1. The van der Waals surface area contributed by atoms with Gasteiger partial charge in [-0.25, -0.2) is 0 Å². The third kappa shape index (κ3) is 3.03. The van der Waals surface area contributed by atoms with E-state index in [2.05, 4.69) is 24.5 Å². The van der Waals surface area contributed by atoms with Crippen molar-refractivity contribution in [3.63, 3.8) is 0 Å². The zero-order valence-electron chi connectivity index (χ0n) is 14.3. The van der Waals surface area contributed by atoms with Crippen molar-refractivity contribution in [3.05, 3.63) is 29.8 Å². The van der Waals surface area contributed by atoms with E-state index in [1.807, 2.05) is 24.3 Å². The maximum atomic E-state index is 12.6. The Morgan fingerprint density at radius 1 is 1.09 bits per heavy atom. The molecular weight excluding hydrogens is 284 g/mol. The second-order valence-corrected chi connectivity index (χ2v) is 8.59. The molecule has 4 bridgehead atoms. The number of amides is 1. The Morgan fingerprint density at radius 3 is 2.13 bits per heavy atom. The molecule has 0 aromatic heterocycles. The Balaban J connectivity index is 1.40. The van der Waals surface area contributed by atoms with Crippen molar-refractivity contribution >= 4 is 11.6 Å². The first-order chi connectivity index (χ1) is 11.0. The standard InChI is InChI=1S/C20H28N2O/c1-13-3-5-18(6-4-13)21-19(23)14(2)22-20-10-15-7-16(11-20)9-17(8-15)12-20/h3-6,14-17,22H,7-12H2,1-2H3,(H,21,23)/p+1/t14-,15?,16?,17?,20?/m0/s1. The minimum atomic E-state index is -0.00690. The lowest BCUT2D eigenvalue weighted by Gasteiger charge is -2.55. The maximum absolute atomic E-state index is 12.6. The van der Waals surface area contributed by atoms with Crippen LogP contribution in [0.25, 0.3) is 0 Å². The van der Waals surface area contributed by atoms with Crippen molar-refractivity contribution < 1.29 is 10.1 Å². The van der Waals surface area contributed by atoms with Crippen molar-refractivity contribution in [2.24, 2.45) is 17.8 Å². The van der Waals surface area contributed by atoms with E-state index in [-0.39, 0.29) is 11.9 Å². The van der Waals surface area contributed by atoms with Crippen LogP contribution >= 0.6 is 0 Å². The van der Waals surface area contributed by atoms with Gasteiger partial charge < -0.3 is 10.6 Å². The molecule has 4 saturated carbocycles. The number of benzene rings is 1. The molecule has 0 saturated heterocycles. The number of nitrogens with two attached hydrogens (primary N) is 1. The van der Waals surface area contributed by atoms with Gasteiger partial charge in [-0.05, 0) is 63.0 Å². The van der Waals surface area contributed by atoms with Gasteiger partial charge in [-0.3, -0.25) is 4.79 Å². The molecule has 1 aromatic rings. The van der Waals surface area contributed by atoms with E-state index in [1.165, 1.54) is 44.1 Å². The van der Waals surface area contributed by atoms with E-state index >= 15 is 0 Å². The number of rotatable bonds is 4. The van der Waals surface area contributed by atoms with Gasteiger partial charge in [0.05, 0.1) is 5.54 Å². The van der Waals surface area contributed by atoms with Crippen molar-refractivity contribution in [3.8, 4) is 0 Å². The molecule has 0 heterocycles. The molecule has 5 rings (SSSR count). The summed E-state index contributed by atoms with van der Waals surface area (Å²) in [7, 11) is 0. The molecular formula is C20H29N2O+. The van der Waals surface area contributed by atoms with Gasteiger partial charge in [0.2, 0.25) is 0 Å². The number of carbonyl (C=O) groups is 1. The zero-order valence-corrected chi connectivity index (χ0v) is 14.3. The summed E-state index contributed by atoms with van der Waals surface area (Å²) < 4.78 is 0. The summed E-state index contributed by atoms with van der Waals surface area (Å²) in [6.07, 6.45) is 8.37. The van der Waals surface area contributed by atoms with Crippen LogP contribution in [0.1, 0.15) is 51.0 Å². The molecule has 0 aliphatic heterocycles. The first-order valence-corrected chi connectivity index (χ1v) is 9.25. The molecule has 1 aromatic carbocycles. The molecule has 0 unspecified atom stereocenters. The molecule has 3 heteroatoms. The smallest absolute Gasteiger partial charge is 0.282 e. The van der Waals surface area contributed by atoms with E-state index in [0.29, 0.717) is 5.54 Å². The van der Waals surface area contributed by atoms with Crippen molar-refractivity contribution in [1.82, 2.24) is 0 Å². The average molecular weight is 313 g/mol. The van der Waals surface area contributed by atoms with E-state index in [9.17, 15) is 4.79 Å². The van der Waals surface area contributed by atoms with Gasteiger partial charge in [0, 0.05) is 24.9 Å². The van der Waals surface area contributed by atoms with Gasteiger partial charge in [-0.2, -0.15) is 0 Å². The van der Waals surface area contributed by atoms with Crippen LogP contribution in [-0.2, 0) is 4.79 Å². The summed E-state index contributed by atoms with van der Waals surface area (Å²) in [5.41, 5.74) is 2.49. The molecule has 3 nitrogen and oxygen atoms in total. The first kappa shape index (κ1) is 15.2. The monoisotopic (exact) mass is 313 g/mol. The second-order valence-electron chi connectivity index (χ2n) is 8.59. The highest BCUT2D eigenvalue weighted by Gasteiger charge is 2.54. The summed E-state index contributed by atoms with van der Waals surface area (Å²) in [5.74, 6) is 2.95. The lowest BCUT2D eigenvalue weighted by Crippen LogP contribution is -3.03. The fraction of sp³-hybridized carbons (Fsp3) is 0.650. The van der Waals surface area contributed by atoms with Crippen LogP contribution in [0.4, 0.5) is 5.69 Å². The molecule has 23 heavy (non-hydrogen) atoms. The number of aryl methyl sites for hydroxylation is 1. The fourth-order valence-electron chi connectivity index (χ4n) is 5.88. The van der Waals surface area contributed by atoms with Crippen LogP contribution in [0.5, 0.6) is 0 Å². The van der Waals surface area contributed by atoms with Crippen LogP contribution in [0, 0.1) is 24.7 Å². The normalized spacial score (nSPS) is 36.0. The summed E-state index contributed by atoms with van der Waals surface area (Å²) in [6, 6.07) is 8.06. The average Bonchev–Trinajstić information content (AvgIpc) is 2.47. The highest BCUT2D eigenvalue weighted by molar-refractivity contribution is 5.93. The van der Waals surface area contributed by atoms with Gasteiger partial charge >= 0.3 is 0 Å². The predicted molar refractivity (Wildman–Crippen MR) is 92.1 cm³/mol. The summed E-state index contributed by atoms with van der Waals surface area (Å²) in [4.78, 5) is 12.6. The fourth-order valence-corrected chi connectivity index (χ4v) is 5.88. The molecule has 4 aliphatic carbocycles. The highest BCUT2D eigenvalue weighted by atomic mass is 16.2. The third-order valence-electron chi connectivity index (χ3n) is 6.42. The molecule has 3 N–H and O–H groups in total. The minimum absolute atomic E-state index is 0.00690.